The van der Waals surface area contributed by atoms with E-state index in [4.69, 9.17) is 0 Å². The number of hydrogen-bond acceptors (Lipinski definition) is 5. The van der Waals surface area contributed by atoms with Crippen LogP contribution in [0.3, 0.4) is 0 Å². The van der Waals surface area contributed by atoms with E-state index in [1.54, 1.807) is 6.33 Å². The van der Waals surface area contributed by atoms with Crippen LogP contribution in [0.15, 0.2) is 6.33 Å². The van der Waals surface area contributed by atoms with Crippen molar-refractivity contribution in [3.8, 4) is 6.07 Å². The number of fused-ring (bicyclic) bond motifs is 1. The predicted octanol–water partition coefficient (Wildman–Crippen LogP) is 1.61. The number of aromatic nitrogens is 2. The fourth-order valence-corrected chi connectivity index (χ4v) is 3.42. The Morgan fingerprint density at radius 2 is 2.38 bits per heavy atom. The molecule has 0 bridgehead atoms. The molecule has 0 radical (unpaired) electrons. The van der Waals surface area contributed by atoms with Gasteiger partial charge in [0.25, 0.3) is 0 Å². The van der Waals surface area contributed by atoms with Crippen LogP contribution >= 0.6 is 11.3 Å². The molecule has 3 heterocycles. The highest BCUT2D eigenvalue weighted by atomic mass is 32.1. The third-order valence-electron chi connectivity index (χ3n) is 3.78. The molecule has 1 aliphatic rings. The van der Waals surface area contributed by atoms with E-state index >= 15 is 0 Å². The summed E-state index contributed by atoms with van der Waals surface area (Å²) in [5, 5.41) is 15.9. The van der Waals surface area contributed by atoms with Gasteiger partial charge in [-0.05, 0) is 19.4 Å². The van der Waals surface area contributed by atoms with E-state index < -0.39 is 0 Å². The molecule has 1 aliphatic heterocycles. The Morgan fingerprint density at radius 3 is 3.14 bits per heavy atom. The quantitative estimate of drug-likeness (QED) is 0.785. The van der Waals surface area contributed by atoms with Crippen LogP contribution in [0.25, 0.3) is 0 Å². The van der Waals surface area contributed by atoms with Crippen molar-refractivity contribution in [2.75, 3.05) is 5.32 Å². The van der Waals surface area contributed by atoms with Gasteiger partial charge in [0.05, 0.1) is 29.3 Å². The maximum Gasteiger partial charge on any atom is 0.242 e. The highest BCUT2D eigenvalue weighted by Gasteiger charge is 2.27. The van der Waals surface area contributed by atoms with E-state index in [-0.39, 0.29) is 11.9 Å². The Kier molecular flexibility index (Phi) is 3.49. The third kappa shape index (κ3) is 2.44. The zero-order valence-corrected chi connectivity index (χ0v) is 12.6. The maximum absolute atomic E-state index is 12.4. The number of nitrogens with one attached hydrogen (secondary N) is 3. The fourth-order valence-electron chi connectivity index (χ4n) is 2.40. The summed E-state index contributed by atoms with van der Waals surface area (Å²) in [7, 11) is 0. The van der Waals surface area contributed by atoms with Gasteiger partial charge in [-0.25, -0.2) is 4.98 Å². The van der Waals surface area contributed by atoms with Crippen LogP contribution in [0.1, 0.15) is 27.4 Å². The molecule has 1 unspecified atom stereocenters. The normalized spacial score (nSPS) is 17.1. The van der Waals surface area contributed by atoms with Crippen LogP contribution in [0.2, 0.25) is 0 Å². The van der Waals surface area contributed by atoms with Crippen LogP contribution in [0.4, 0.5) is 5.00 Å². The average Bonchev–Trinajstić information content (AvgIpc) is 3.03. The number of carbonyl (C=O) groups is 1. The van der Waals surface area contributed by atoms with Crippen LogP contribution in [-0.2, 0) is 17.8 Å². The number of aromatic amines is 1. The molecule has 0 fully saturated rings. The molecule has 0 aromatic carbocycles. The second kappa shape index (κ2) is 5.31. The molecule has 1 atom stereocenters. The van der Waals surface area contributed by atoms with E-state index in [0.717, 1.165) is 21.8 Å². The lowest BCUT2D eigenvalue weighted by molar-refractivity contribution is -0.118. The summed E-state index contributed by atoms with van der Waals surface area (Å²) in [6, 6.07) is 1.84. The highest BCUT2D eigenvalue weighted by Crippen LogP contribution is 2.31. The van der Waals surface area contributed by atoms with Crippen molar-refractivity contribution in [2.24, 2.45) is 0 Å². The molecule has 0 saturated carbocycles. The van der Waals surface area contributed by atoms with Crippen molar-refractivity contribution in [2.45, 2.75) is 32.9 Å². The van der Waals surface area contributed by atoms with E-state index in [2.05, 4.69) is 26.7 Å². The van der Waals surface area contributed by atoms with E-state index in [9.17, 15) is 10.1 Å². The maximum atomic E-state index is 12.4. The van der Waals surface area contributed by atoms with Crippen LogP contribution in [0.5, 0.6) is 0 Å². The summed E-state index contributed by atoms with van der Waals surface area (Å²) in [5.74, 6) is -0.124. The van der Waals surface area contributed by atoms with Crippen molar-refractivity contribution in [3.63, 3.8) is 0 Å². The van der Waals surface area contributed by atoms with Gasteiger partial charge in [-0.15, -0.1) is 11.3 Å². The smallest absolute Gasteiger partial charge is 0.242 e. The monoisotopic (exact) mass is 301 g/mol. The van der Waals surface area contributed by atoms with E-state index in [1.807, 2.05) is 13.8 Å². The van der Waals surface area contributed by atoms with Gasteiger partial charge < -0.3 is 10.3 Å². The molecule has 7 heteroatoms. The van der Waals surface area contributed by atoms with Gasteiger partial charge in [0, 0.05) is 17.8 Å². The van der Waals surface area contributed by atoms with Gasteiger partial charge in [0.1, 0.15) is 11.1 Å². The Hall–Kier alpha value is -2.17. The Balaban J connectivity index is 1.76. The number of H-pyrrole nitrogens is 1. The number of amides is 1. The SMILES string of the molecule is Cc1sc(NC(=O)C2Cc3nc[nH]c3CN2)c(C#N)c1C. The van der Waals surface area contributed by atoms with Crippen molar-refractivity contribution in [3.05, 3.63) is 33.7 Å². The molecule has 3 N–H and O–H groups in total. The molecule has 0 saturated heterocycles. The van der Waals surface area contributed by atoms with Gasteiger partial charge in [-0.2, -0.15) is 5.26 Å². The second-order valence-corrected chi connectivity index (χ2v) is 6.28. The number of aryl methyl sites for hydroxylation is 1. The lowest BCUT2D eigenvalue weighted by atomic mass is 10.0. The summed E-state index contributed by atoms with van der Waals surface area (Å²) < 4.78 is 0. The average molecular weight is 301 g/mol. The molecular weight excluding hydrogens is 286 g/mol. The molecule has 2 aromatic heterocycles. The molecule has 2 aromatic rings. The molecule has 0 spiro atoms. The molecule has 1 amide bonds. The third-order valence-corrected chi connectivity index (χ3v) is 4.90. The number of anilines is 1. The van der Waals surface area contributed by atoms with Crippen molar-refractivity contribution in [1.29, 1.82) is 5.26 Å². The minimum atomic E-state index is -0.324. The Labute approximate surface area is 126 Å². The standard InChI is InChI=1S/C14H15N5OS/c1-7-8(2)21-14(9(7)4-15)19-13(20)11-3-10-12(5-16-11)18-6-17-10/h6,11,16H,3,5H2,1-2H3,(H,17,18)(H,19,20). The Morgan fingerprint density at radius 1 is 1.57 bits per heavy atom. The van der Waals surface area contributed by atoms with Crippen LogP contribution < -0.4 is 10.6 Å². The first-order valence-electron chi connectivity index (χ1n) is 6.65. The molecule has 108 valence electrons. The van der Waals surface area contributed by atoms with Crippen molar-refractivity contribution in [1.82, 2.24) is 15.3 Å². The first-order valence-corrected chi connectivity index (χ1v) is 7.47. The summed E-state index contributed by atoms with van der Waals surface area (Å²) in [6.45, 7) is 4.45. The Bertz CT molecular complexity index is 739. The van der Waals surface area contributed by atoms with Crippen LogP contribution in [0, 0.1) is 25.2 Å². The van der Waals surface area contributed by atoms with Crippen molar-refractivity contribution < 1.29 is 4.79 Å². The first-order chi connectivity index (χ1) is 10.1. The summed E-state index contributed by atoms with van der Waals surface area (Å²) >= 11 is 1.44. The topological polar surface area (TPSA) is 93.6 Å². The molecule has 6 nitrogen and oxygen atoms in total. The number of thiophene rings is 1. The van der Waals surface area contributed by atoms with E-state index in [0.29, 0.717) is 23.5 Å². The summed E-state index contributed by atoms with van der Waals surface area (Å²) in [6.07, 6.45) is 2.20. The zero-order chi connectivity index (χ0) is 15.0. The molecule has 3 rings (SSSR count). The van der Waals surface area contributed by atoms with Gasteiger partial charge >= 0.3 is 0 Å². The minimum Gasteiger partial charge on any atom is -0.347 e. The predicted molar refractivity (Wildman–Crippen MR) is 80.1 cm³/mol. The number of nitrogens with zero attached hydrogens (tertiary/aromatic N) is 2. The fraction of sp³-hybridized carbons (Fsp3) is 0.357. The van der Waals surface area contributed by atoms with Crippen molar-refractivity contribution >= 4 is 22.2 Å². The lowest BCUT2D eigenvalue weighted by Gasteiger charge is -2.21. The number of imidazole rings is 1. The van der Waals surface area contributed by atoms with Gasteiger partial charge in [-0.3, -0.25) is 10.1 Å². The summed E-state index contributed by atoms with van der Waals surface area (Å²) in [4.78, 5) is 20.7. The second-order valence-electron chi connectivity index (χ2n) is 5.05. The summed E-state index contributed by atoms with van der Waals surface area (Å²) in [5.41, 5.74) is 3.44. The molecular formula is C14H15N5OS. The minimum absolute atomic E-state index is 0.124. The van der Waals surface area contributed by atoms with E-state index in [1.165, 1.54) is 11.3 Å². The number of nitriles is 1. The molecule has 21 heavy (non-hydrogen) atoms. The number of hydrogen-bond donors (Lipinski definition) is 3. The lowest BCUT2D eigenvalue weighted by Crippen LogP contribution is -2.44. The molecule has 0 aliphatic carbocycles. The first kappa shape index (κ1) is 13.8. The van der Waals surface area contributed by atoms with Gasteiger partial charge in [0.15, 0.2) is 0 Å². The largest absolute Gasteiger partial charge is 0.347 e. The van der Waals surface area contributed by atoms with Gasteiger partial charge in [0.2, 0.25) is 5.91 Å². The number of rotatable bonds is 2. The van der Waals surface area contributed by atoms with Gasteiger partial charge in [-0.1, -0.05) is 0 Å². The zero-order valence-electron chi connectivity index (χ0n) is 11.8. The number of carbonyl (C=O) groups excluding carboxylic acids is 1. The highest BCUT2D eigenvalue weighted by molar-refractivity contribution is 7.16. The van der Waals surface area contributed by atoms with Crippen LogP contribution in [-0.4, -0.2) is 21.9 Å².